The molecule has 0 aliphatic carbocycles. The fourth-order valence-corrected chi connectivity index (χ4v) is 1.03. The number of unbranched alkanes of at least 4 members (excludes halogenated alkanes) is 2. The van der Waals surface area contributed by atoms with Gasteiger partial charge in [0.2, 0.25) is 0 Å². The van der Waals surface area contributed by atoms with Gasteiger partial charge in [-0.1, -0.05) is 19.3 Å². The van der Waals surface area contributed by atoms with Crippen LogP contribution in [0, 0.1) is 11.8 Å². The number of halogens is 1. The summed E-state index contributed by atoms with van der Waals surface area (Å²) in [5, 5.41) is 0. The van der Waals surface area contributed by atoms with Gasteiger partial charge < -0.3 is 0 Å². The summed E-state index contributed by atoms with van der Waals surface area (Å²) in [5.74, 6) is 3.74. The van der Waals surface area contributed by atoms with Crippen LogP contribution in [0.4, 0.5) is 0 Å². The number of amides is 1. The standard InChI is InChI=1S/C7H10ClNO3S/c1-2-3-4-5-6-7(10)9-13(8,11)12/h2-4H2,1H3,(H,9,10). The maximum atomic E-state index is 10.7. The number of hydrogen-bond donors (Lipinski definition) is 1. The molecule has 74 valence electrons. The van der Waals surface area contributed by atoms with Gasteiger partial charge in [0.25, 0.3) is 0 Å². The van der Waals surface area contributed by atoms with E-state index in [1.54, 1.807) is 0 Å². The third-order valence-corrected chi connectivity index (χ3v) is 1.73. The van der Waals surface area contributed by atoms with Crippen molar-refractivity contribution in [1.29, 1.82) is 0 Å². The molecule has 0 heterocycles. The van der Waals surface area contributed by atoms with Crippen molar-refractivity contribution in [3.8, 4) is 11.8 Å². The second kappa shape index (κ2) is 5.84. The Hall–Kier alpha value is -0.730. The van der Waals surface area contributed by atoms with Crippen LogP contribution < -0.4 is 4.72 Å². The smallest absolute Gasteiger partial charge is 0.258 e. The number of rotatable bonds is 3. The van der Waals surface area contributed by atoms with Gasteiger partial charge >= 0.3 is 15.1 Å². The minimum Gasteiger partial charge on any atom is -0.258 e. The molecule has 0 unspecified atom stereocenters. The summed E-state index contributed by atoms with van der Waals surface area (Å²) in [7, 11) is 0.745. The number of nitrogens with one attached hydrogen (secondary N) is 1. The molecule has 0 aromatic rings. The van der Waals surface area contributed by atoms with E-state index in [1.807, 2.05) is 6.92 Å². The van der Waals surface area contributed by atoms with Gasteiger partial charge in [0.1, 0.15) is 0 Å². The van der Waals surface area contributed by atoms with Crippen molar-refractivity contribution in [3.63, 3.8) is 0 Å². The molecule has 1 amide bonds. The average molecular weight is 224 g/mol. The molecule has 0 saturated carbocycles. The van der Waals surface area contributed by atoms with Crippen LogP contribution in [0.3, 0.4) is 0 Å². The highest BCUT2D eigenvalue weighted by Gasteiger charge is 2.06. The summed E-state index contributed by atoms with van der Waals surface area (Å²) in [5.41, 5.74) is 0. The summed E-state index contributed by atoms with van der Waals surface area (Å²) < 4.78 is 22.1. The van der Waals surface area contributed by atoms with Gasteiger partial charge in [-0.15, -0.1) is 0 Å². The lowest BCUT2D eigenvalue weighted by Gasteiger charge is -1.91. The van der Waals surface area contributed by atoms with Crippen LogP contribution in [-0.2, 0) is 14.0 Å². The predicted molar refractivity (Wildman–Crippen MR) is 50.2 cm³/mol. The molecule has 0 aromatic heterocycles. The Kier molecular flexibility index (Phi) is 5.51. The molecule has 0 aliphatic heterocycles. The van der Waals surface area contributed by atoms with Gasteiger partial charge in [0.15, 0.2) is 0 Å². The lowest BCUT2D eigenvalue weighted by Crippen LogP contribution is -2.24. The Bertz CT molecular complexity index is 325. The van der Waals surface area contributed by atoms with E-state index < -0.39 is 15.1 Å². The lowest BCUT2D eigenvalue weighted by molar-refractivity contribution is -0.114. The third kappa shape index (κ3) is 9.18. The Labute approximate surface area is 82.2 Å². The summed E-state index contributed by atoms with van der Waals surface area (Å²) >= 11 is 0. The number of carbonyl (C=O) groups is 1. The first-order valence-corrected chi connectivity index (χ1v) is 6.02. The molecule has 6 heteroatoms. The van der Waals surface area contributed by atoms with Gasteiger partial charge in [-0.05, 0) is 12.3 Å². The zero-order valence-electron chi connectivity index (χ0n) is 7.13. The molecule has 0 spiro atoms. The summed E-state index contributed by atoms with van der Waals surface area (Å²) in [6.45, 7) is 1.99. The molecule has 0 fully saturated rings. The van der Waals surface area contributed by atoms with E-state index in [2.05, 4.69) is 11.8 Å². The van der Waals surface area contributed by atoms with Crippen molar-refractivity contribution < 1.29 is 13.2 Å². The highest BCUT2D eigenvalue weighted by molar-refractivity contribution is 8.12. The zero-order chi connectivity index (χ0) is 10.3. The van der Waals surface area contributed by atoms with E-state index in [1.165, 1.54) is 4.72 Å². The predicted octanol–water partition coefficient (Wildman–Crippen LogP) is 0.780. The highest BCUT2D eigenvalue weighted by Crippen LogP contribution is 1.91. The van der Waals surface area contributed by atoms with E-state index in [-0.39, 0.29) is 0 Å². The first-order chi connectivity index (χ1) is 5.95. The molecule has 0 aliphatic rings. The van der Waals surface area contributed by atoms with Crippen molar-refractivity contribution in [1.82, 2.24) is 4.72 Å². The van der Waals surface area contributed by atoms with Crippen LogP contribution in [0.25, 0.3) is 0 Å². The van der Waals surface area contributed by atoms with Gasteiger partial charge in [-0.25, -0.2) is 4.72 Å². The van der Waals surface area contributed by atoms with Crippen molar-refractivity contribution in [2.45, 2.75) is 26.2 Å². The molecule has 4 nitrogen and oxygen atoms in total. The van der Waals surface area contributed by atoms with Crippen molar-refractivity contribution in [3.05, 3.63) is 0 Å². The normalized spacial score (nSPS) is 10.0. The minimum absolute atomic E-state index is 0.576. The van der Waals surface area contributed by atoms with Crippen LogP contribution in [0.2, 0.25) is 0 Å². The molecular formula is C7H10ClNO3S. The molecule has 13 heavy (non-hydrogen) atoms. The fourth-order valence-electron chi connectivity index (χ4n) is 0.544. The lowest BCUT2D eigenvalue weighted by atomic mass is 10.2. The Morgan fingerprint density at radius 3 is 2.62 bits per heavy atom. The molecule has 1 N–H and O–H groups in total. The molecule has 0 rings (SSSR count). The van der Waals surface area contributed by atoms with Crippen LogP contribution in [0.1, 0.15) is 26.2 Å². The van der Waals surface area contributed by atoms with Crippen LogP contribution >= 0.6 is 10.7 Å². The number of carbonyl (C=O) groups excluding carboxylic acids is 1. The second-order valence-corrected chi connectivity index (χ2v) is 4.57. The topological polar surface area (TPSA) is 63.2 Å². The third-order valence-electron chi connectivity index (χ3n) is 1.07. The highest BCUT2D eigenvalue weighted by atomic mass is 35.7. The molecule has 0 aromatic carbocycles. The first-order valence-electron chi connectivity index (χ1n) is 3.71. The van der Waals surface area contributed by atoms with Crippen molar-refractivity contribution in [2.75, 3.05) is 0 Å². The zero-order valence-corrected chi connectivity index (χ0v) is 8.70. The molecule has 0 radical (unpaired) electrons. The van der Waals surface area contributed by atoms with Gasteiger partial charge in [0, 0.05) is 17.1 Å². The van der Waals surface area contributed by atoms with Crippen molar-refractivity contribution in [2.24, 2.45) is 0 Å². The maximum absolute atomic E-state index is 10.7. The minimum atomic E-state index is -4.00. The first kappa shape index (κ1) is 12.3. The Morgan fingerprint density at radius 2 is 2.15 bits per heavy atom. The molecule has 0 bridgehead atoms. The van der Waals surface area contributed by atoms with E-state index in [0.29, 0.717) is 6.42 Å². The van der Waals surface area contributed by atoms with E-state index in [0.717, 1.165) is 12.8 Å². The summed E-state index contributed by atoms with van der Waals surface area (Å²) in [6, 6.07) is 0. The summed E-state index contributed by atoms with van der Waals surface area (Å²) in [4.78, 5) is 10.7. The van der Waals surface area contributed by atoms with E-state index in [9.17, 15) is 13.2 Å². The molecular weight excluding hydrogens is 214 g/mol. The van der Waals surface area contributed by atoms with Gasteiger partial charge in [-0.2, -0.15) is 8.42 Å². The van der Waals surface area contributed by atoms with Crippen LogP contribution in [-0.4, -0.2) is 14.3 Å². The Balaban J connectivity index is 3.92. The largest absolute Gasteiger partial charge is 0.322 e. The number of hydrogen-bond acceptors (Lipinski definition) is 3. The summed E-state index contributed by atoms with van der Waals surface area (Å²) in [6.07, 6.45) is 2.43. The van der Waals surface area contributed by atoms with E-state index in [4.69, 9.17) is 10.7 Å². The average Bonchev–Trinajstić information content (AvgIpc) is 1.94. The van der Waals surface area contributed by atoms with Crippen molar-refractivity contribution >= 4 is 25.8 Å². The second-order valence-electron chi connectivity index (χ2n) is 2.27. The molecule has 0 saturated heterocycles. The monoisotopic (exact) mass is 223 g/mol. The van der Waals surface area contributed by atoms with Crippen LogP contribution in [0.5, 0.6) is 0 Å². The maximum Gasteiger partial charge on any atom is 0.322 e. The van der Waals surface area contributed by atoms with Crippen LogP contribution in [0.15, 0.2) is 0 Å². The van der Waals surface area contributed by atoms with E-state index >= 15 is 0 Å². The van der Waals surface area contributed by atoms with Gasteiger partial charge in [0.05, 0.1) is 0 Å². The quantitative estimate of drug-likeness (QED) is 0.437. The molecule has 0 atom stereocenters. The SMILES string of the molecule is CCCCC#CC(=O)NS(=O)(=O)Cl. The van der Waals surface area contributed by atoms with Gasteiger partial charge in [-0.3, -0.25) is 4.79 Å². The Morgan fingerprint density at radius 1 is 1.54 bits per heavy atom. The fraction of sp³-hybridized carbons (Fsp3) is 0.571.